The minimum atomic E-state index is 0.115. The summed E-state index contributed by atoms with van der Waals surface area (Å²) in [6.07, 6.45) is 2.46. The average molecular weight is 373 g/mol. The first-order chi connectivity index (χ1) is 13.8. The summed E-state index contributed by atoms with van der Waals surface area (Å²) in [6.45, 7) is 1.98. The van der Waals surface area contributed by atoms with E-state index in [1.165, 1.54) is 10.8 Å². The van der Waals surface area contributed by atoms with Gasteiger partial charge in [-0.25, -0.2) is 0 Å². The molecule has 0 bridgehead atoms. The first kappa shape index (κ1) is 17.1. The molecule has 1 unspecified atom stereocenters. The summed E-state index contributed by atoms with van der Waals surface area (Å²) < 4.78 is 11.4. The van der Waals surface area contributed by atoms with Gasteiger partial charge in [-0.05, 0) is 46.9 Å². The van der Waals surface area contributed by atoms with E-state index in [4.69, 9.17) is 9.47 Å². The molecule has 0 saturated carbocycles. The third-order valence-corrected chi connectivity index (χ3v) is 5.69. The molecule has 28 heavy (non-hydrogen) atoms. The van der Waals surface area contributed by atoms with Crippen LogP contribution in [-0.4, -0.2) is 30.6 Å². The third-order valence-electron chi connectivity index (χ3n) is 5.69. The normalized spacial score (nSPS) is 18.4. The van der Waals surface area contributed by atoms with Crippen LogP contribution in [-0.2, 0) is 11.2 Å². The van der Waals surface area contributed by atoms with Crippen molar-refractivity contribution < 1.29 is 14.3 Å². The van der Waals surface area contributed by atoms with Gasteiger partial charge in [0, 0.05) is 6.54 Å². The van der Waals surface area contributed by atoms with Gasteiger partial charge in [0.15, 0.2) is 11.5 Å². The Morgan fingerprint density at radius 3 is 2.64 bits per heavy atom. The van der Waals surface area contributed by atoms with Crippen molar-refractivity contribution in [3.63, 3.8) is 0 Å². The Morgan fingerprint density at radius 1 is 0.929 bits per heavy atom. The number of nitrogens with zero attached hydrogens (tertiary/aromatic N) is 1. The van der Waals surface area contributed by atoms with Crippen LogP contribution in [0.25, 0.3) is 10.8 Å². The number of rotatable bonds is 3. The van der Waals surface area contributed by atoms with Gasteiger partial charge in [-0.3, -0.25) is 4.79 Å². The first-order valence-corrected chi connectivity index (χ1v) is 9.95. The summed E-state index contributed by atoms with van der Waals surface area (Å²) in [5.41, 5.74) is 2.20. The molecule has 0 aliphatic carbocycles. The smallest absolute Gasteiger partial charge is 0.227 e. The van der Waals surface area contributed by atoms with Gasteiger partial charge in [0.2, 0.25) is 5.91 Å². The SMILES string of the molecule is O=C(Cc1ccc2ccccc2c1)N1CCCC1c1ccc2c(c1)OCCO2. The molecule has 0 radical (unpaired) electrons. The maximum atomic E-state index is 13.1. The second kappa shape index (κ2) is 7.19. The summed E-state index contributed by atoms with van der Waals surface area (Å²) in [7, 11) is 0. The van der Waals surface area contributed by atoms with E-state index in [-0.39, 0.29) is 11.9 Å². The topological polar surface area (TPSA) is 38.8 Å². The van der Waals surface area contributed by atoms with E-state index in [0.29, 0.717) is 19.6 Å². The molecule has 2 aliphatic heterocycles. The highest BCUT2D eigenvalue weighted by atomic mass is 16.6. The Balaban J connectivity index is 1.36. The Morgan fingerprint density at radius 2 is 1.75 bits per heavy atom. The van der Waals surface area contributed by atoms with E-state index in [1.54, 1.807) is 0 Å². The number of hydrogen-bond donors (Lipinski definition) is 0. The lowest BCUT2D eigenvalue weighted by Gasteiger charge is -2.27. The molecule has 1 atom stereocenters. The van der Waals surface area contributed by atoms with Gasteiger partial charge in [0.1, 0.15) is 13.2 Å². The van der Waals surface area contributed by atoms with Crippen molar-refractivity contribution in [2.45, 2.75) is 25.3 Å². The maximum absolute atomic E-state index is 13.1. The minimum absolute atomic E-state index is 0.115. The molecule has 1 amide bonds. The summed E-state index contributed by atoms with van der Waals surface area (Å²) >= 11 is 0. The van der Waals surface area contributed by atoms with E-state index in [9.17, 15) is 4.79 Å². The largest absolute Gasteiger partial charge is 0.486 e. The van der Waals surface area contributed by atoms with Crippen LogP contribution in [0.3, 0.4) is 0 Å². The lowest BCUT2D eigenvalue weighted by atomic mass is 10.0. The number of hydrogen-bond acceptors (Lipinski definition) is 3. The third kappa shape index (κ3) is 3.19. The van der Waals surface area contributed by atoms with Crippen molar-refractivity contribution in [1.29, 1.82) is 0 Å². The molecule has 0 spiro atoms. The number of amides is 1. The van der Waals surface area contributed by atoms with Crippen LogP contribution in [0, 0.1) is 0 Å². The van der Waals surface area contributed by atoms with Crippen molar-refractivity contribution in [2.75, 3.05) is 19.8 Å². The quantitative estimate of drug-likeness (QED) is 0.678. The average Bonchev–Trinajstić information content (AvgIpc) is 3.23. The van der Waals surface area contributed by atoms with Gasteiger partial charge < -0.3 is 14.4 Å². The van der Waals surface area contributed by atoms with Gasteiger partial charge in [-0.15, -0.1) is 0 Å². The molecule has 4 heteroatoms. The predicted molar refractivity (Wildman–Crippen MR) is 109 cm³/mol. The summed E-state index contributed by atoms with van der Waals surface area (Å²) in [5.74, 6) is 1.77. The lowest BCUT2D eigenvalue weighted by Crippen LogP contribution is -2.32. The Labute approximate surface area is 164 Å². The van der Waals surface area contributed by atoms with Gasteiger partial charge in [-0.1, -0.05) is 48.5 Å². The van der Waals surface area contributed by atoms with Crippen LogP contribution < -0.4 is 9.47 Å². The lowest BCUT2D eigenvalue weighted by molar-refractivity contribution is -0.131. The zero-order chi connectivity index (χ0) is 18.9. The van der Waals surface area contributed by atoms with Gasteiger partial charge in [-0.2, -0.15) is 0 Å². The fraction of sp³-hybridized carbons (Fsp3) is 0.292. The van der Waals surface area contributed by atoms with Crippen molar-refractivity contribution in [3.05, 3.63) is 71.8 Å². The number of carbonyl (C=O) groups is 1. The van der Waals surface area contributed by atoms with Crippen molar-refractivity contribution in [2.24, 2.45) is 0 Å². The van der Waals surface area contributed by atoms with Crippen LogP contribution in [0.5, 0.6) is 11.5 Å². The summed E-state index contributed by atoms with van der Waals surface area (Å²) in [6, 6.07) is 20.7. The number of fused-ring (bicyclic) bond motifs is 2. The Hall–Kier alpha value is -3.01. The van der Waals surface area contributed by atoms with E-state index in [0.717, 1.165) is 42.0 Å². The Bertz CT molecular complexity index is 1030. The molecular weight excluding hydrogens is 350 g/mol. The van der Waals surface area contributed by atoms with Crippen LogP contribution >= 0.6 is 0 Å². The van der Waals surface area contributed by atoms with Crippen LogP contribution in [0.15, 0.2) is 60.7 Å². The van der Waals surface area contributed by atoms with Crippen molar-refractivity contribution >= 4 is 16.7 Å². The molecule has 1 fully saturated rings. The molecule has 3 aromatic rings. The number of carbonyl (C=O) groups excluding carboxylic acids is 1. The first-order valence-electron chi connectivity index (χ1n) is 9.95. The van der Waals surface area contributed by atoms with E-state index >= 15 is 0 Å². The van der Waals surface area contributed by atoms with Crippen molar-refractivity contribution in [1.82, 2.24) is 4.90 Å². The van der Waals surface area contributed by atoms with Gasteiger partial charge in [0.05, 0.1) is 12.5 Å². The molecule has 142 valence electrons. The highest BCUT2D eigenvalue weighted by Crippen LogP contribution is 2.38. The van der Waals surface area contributed by atoms with E-state index in [1.807, 2.05) is 29.2 Å². The zero-order valence-electron chi connectivity index (χ0n) is 15.8. The fourth-order valence-electron chi connectivity index (χ4n) is 4.30. The molecular formula is C24H23NO3. The minimum Gasteiger partial charge on any atom is -0.486 e. The van der Waals surface area contributed by atoms with Crippen LogP contribution in [0.2, 0.25) is 0 Å². The zero-order valence-corrected chi connectivity index (χ0v) is 15.8. The number of benzene rings is 3. The Kier molecular flexibility index (Phi) is 4.40. The maximum Gasteiger partial charge on any atom is 0.227 e. The van der Waals surface area contributed by atoms with Gasteiger partial charge >= 0.3 is 0 Å². The second-order valence-electron chi connectivity index (χ2n) is 7.51. The molecule has 0 N–H and O–H groups in total. The predicted octanol–water partition coefficient (Wildman–Crippen LogP) is 4.52. The van der Waals surface area contributed by atoms with Crippen LogP contribution in [0.1, 0.15) is 30.0 Å². The summed E-state index contributed by atoms with van der Waals surface area (Å²) in [5, 5.41) is 2.38. The molecule has 2 aliphatic rings. The standard InChI is InChI=1S/C24H23NO3/c26-24(15-17-7-8-18-4-1-2-5-19(18)14-17)25-11-3-6-21(25)20-9-10-22-23(16-20)28-13-12-27-22/h1-2,4-5,7-10,14,16,21H,3,6,11-13,15H2. The molecule has 1 saturated heterocycles. The second-order valence-corrected chi connectivity index (χ2v) is 7.51. The summed E-state index contributed by atoms with van der Waals surface area (Å²) in [4.78, 5) is 15.1. The molecule has 4 nitrogen and oxygen atoms in total. The van der Waals surface area contributed by atoms with Gasteiger partial charge in [0.25, 0.3) is 0 Å². The van der Waals surface area contributed by atoms with Crippen molar-refractivity contribution in [3.8, 4) is 11.5 Å². The van der Waals surface area contributed by atoms with Crippen LogP contribution in [0.4, 0.5) is 0 Å². The van der Waals surface area contributed by atoms with E-state index in [2.05, 4.69) is 36.4 Å². The number of likely N-dealkylation sites (tertiary alicyclic amines) is 1. The fourth-order valence-corrected chi connectivity index (χ4v) is 4.30. The molecule has 5 rings (SSSR count). The molecule has 0 aromatic heterocycles. The highest BCUT2D eigenvalue weighted by molar-refractivity contribution is 5.85. The molecule has 2 heterocycles. The highest BCUT2D eigenvalue weighted by Gasteiger charge is 2.30. The monoisotopic (exact) mass is 373 g/mol. The number of ether oxygens (including phenoxy) is 2. The van der Waals surface area contributed by atoms with E-state index < -0.39 is 0 Å². The molecule has 3 aromatic carbocycles.